The van der Waals surface area contributed by atoms with Gasteiger partial charge in [0.2, 0.25) is 0 Å². The molecule has 64 valence electrons. The lowest BCUT2D eigenvalue weighted by molar-refractivity contribution is -0.107. The van der Waals surface area contributed by atoms with Crippen LogP contribution in [0, 0.1) is 0 Å². The molecule has 0 N–H and O–H groups in total. The van der Waals surface area contributed by atoms with Crippen molar-refractivity contribution in [1.82, 2.24) is 4.57 Å². The highest BCUT2D eigenvalue weighted by Crippen LogP contribution is 2.01. The van der Waals surface area contributed by atoms with Gasteiger partial charge in [-0.3, -0.25) is 4.79 Å². The molecule has 0 spiro atoms. The Hall–Kier alpha value is -1.38. The summed E-state index contributed by atoms with van der Waals surface area (Å²) in [4.78, 5) is 20.4. The summed E-state index contributed by atoms with van der Waals surface area (Å²) < 4.78 is 1.84. The van der Waals surface area contributed by atoms with E-state index in [0.717, 1.165) is 25.5 Å². The topological polar surface area (TPSA) is 39.1 Å². The van der Waals surface area contributed by atoms with Crippen molar-refractivity contribution in [3.63, 3.8) is 0 Å². The molecule has 0 saturated carbocycles. The van der Waals surface area contributed by atoms with Crippen LogP contribution in [0.5, 0.6) is 0 Å². The van der Waals surface area contributed by atoms with Crippen molar-refractivity contribution >= 4 is 12.6 Å². The van der Waals surface area contributed by atoms with Gasteiger partial charge in [-0.2, -0.15) is 0 Å². The predicted molar refractivity (Wildman–Crippen MR) is 45.1 cm³/mol. The summed E-state index contributed by atoms with van der Waals surface area (Å²) in [5, 5.41) is 0. The van der Waals surface area contributed by atoms with Gasteiger partial charge in [0.05, 0.1) is 5.69 Å². The number of aromatic nitrogens is 1. The van der Waals surface area contributed by atoms with Crippen molar-refractivity contribution in [2.45, 2.75) is 19.4 Å². The first kappa shape index (κ1) is 8.71. The Morgan fingerprint density at radius 1 is 1.42 bits per heavy atom. The Morgan fingerprint density at radius 2 is 2.25 bits per heavy atom. The second kappa shape index (κ2) is 4.49. The lowest BCUT2D eigenvalue weighted by atomic mass is 10.3. The highest BCUT2D eigenvalue weighted by molar-refractivity contribution is 5.72. The Balaban J connectivity index is 2.50. The number of carbonyl (C=O) groups excluding carboxylic acids is 2. The van der Waals surface area contributed by atoms with Crippen LogP contribution >= 0.6 is 0 Å². The van der Waals surface area contributed by atoms with Gasteiger partial charge in [-0.15, -0.1) is 0 Å². The van der Waals surface area contributed by atoms with Crippen molar-refractivity contribution in [1.29, 1.82) is 0 Å². The van der Waals surface area contributed by atoms with Gasteiger partial charge < -0.3 is 9.36 Å². The monoisotopic (exact) mass is 165 g/mol. The zero-order valence-corrected chi connectivity index (χ0v) is 6.77. The smallest absolute Gasteiger partial charge is 0.166 e. The predicted octanol–water partition coefficient (Wildman–Crippen LogP) is 1.28. The van der Waals surface area contributed by atoms with Gasteiger partial charge in [-0.05, 0) is 18.6 Å². The van der Waals surface area contributed by atoms with Crippen LogP contribution in [0.3, 0.4) is 0 Å². The van der Waals surface area contributed by atoms with Gasteiger partial charge in [0.15, 0.2) is 6.29 Å². The van der Waals surface area contributed by atoms with E-state index in [0.29, 0.717) is 12.1 Å². The van der Waals surface area contributed by atoms with Gasteiger partial charge in [0.25, 0.3) is 0 Å². The van der Waals surface area contributed by atoms with E-state index in [4.69, 9.17) is 0 Å². The van der Waals surface area contributed by atoms with Gasteiger partial charge >= 0.3 is 0 Å². The van der Waals surface area contributed by atoms with Gasteiger partial charge in [-0.25, -0.2) is 0 Å². The molecule has 0 fully saturated rings. The third-order valence-electron chi connectivity index (χ3n) is 1.71. The van der Waals surface area contributed by atoms with Crippen LogP contribution in [0.2, 0.25) is 0 Å². The van der Waals surface area contributed by atoms with Crippen LogP contribution in [0.15, 0.2) is 18.3 Å². The molecule has 1 heterocycles. The van der Waals surface area contributed by atoms with E-state index in [1.54, 1.807) is 6.07 Å². The molecule has 0 aliphatic heterocycles. The third kappa shape index (κ3) is 2.05. The molecule has 0 aromatic carbocycles. The number of unbranched alkanes of at least 4 members (excludes halogenated alkanes) is 1. The number of nitrogens with zero attached hydrogens (tertiary/aromatic N) is 1. The number of rotatable bonds is 5. The summed E-state index contributed by atoms with van der Waals surface area (Å²) >= 11 is 0. The largest absolute Gasteiger partial charge is 0.345 e. The first-order valence-corrected chi connectivity index (χ1v) is 3.92. The fraction of sp³-hybridized carbons (Fsp3) is 0.333. The first-order valence-electron chi connectivity index (χ1n) is 3.92. The molecule has 0 bridgehead atoms. The maximum Gasteiger partial charge on any atom is 0.166 e. The molecule has 0 amide bonds. The number of hydrogen-bond donors (Lipinski definition) is 0. The molecular formula is C9H11NO2. The van der Waals surface area contributed by atoms with E-state index in [1.807, 2.05) is 16.8 Å². The highest BCUT2D eigenvalue weighted by atomic mass is 16.1. The maximum absolute atomic E-state index is 10.4. The van der Waals surface area contributed by atoms with E-state index >= 15 is 0 Å². The lowest BCUT2D eigenvalue weighted by Crippen LogP contribution is -2.00. The minimum Gasteiger partial charge on any atom is -0.345 e. The standard InChI is InChI=1S/C9H11NO2/c11-7-2-1-5-10-6-3-4-9(10)8-12/h3-4,6-8H,1-2,5H2. The molecule has 12 heavy (non-hydrogen) atoms. The van der Waals surface area contributed by atoms with Crippen LogP contribution in [-0.2, 0) is 11.3 Å². The Bertz CT molecular complexity index is 265. The minimum atomic E-state index is 0.552. The van der Waals surface area contributed by atoms with Gasteiger partial charge in [0, 0.05) is 19.2 Å². The molecule has 1 aromatic heterocycles. The lowest BCUT2D eigenvalue weighted by Gasteiger charge is -2.01. The quantitative estimate of drug-likeness (QED) is 0.487. The van der Waals surface area contributed by atoms with Crippen molar-refractivity contribution in [3.05, 3.63) is 24.0 Å². The molecular weight excluding hydrogens is 154 g/mol. The average Bonchev–Trinajstić information content (AvgIpc) is 2.52. The van der Waals surface area contributed by atoms with Crippen molar-refractivity contribution in [3.8, 4) is 0 Å². The Morgan fingerprint density at radius 3 is 2.92 bits per heavy atom. The van der Waals surface area contributed by atoms with Crippen molar-refractivity contribution < 1.29 is 9.59 Å². The van der Waals surface area contributed by atoms with Crippen molar-refractivity contribution in [2.75, 3.05) is 0 Å². The molecule has 1 rings (SSSR count). The van der Waals surface area contributed by atoms with Crippen LogP contribution < -0.4 is 0 Å². The molecule has 3 heteroatoms. The second-order valence-corrected chi connectivity index (χ2v) is 2.55. The average molecular weight is 165 g/mol. The zero-order chi connectivity index (χ0) is 8.81. The van der Waals surface area contributed by atoms with Crippen LogP contribution in [0.1, 0.15) is 23.3 Å². The Kier molecular flexibility index (Phi) is 3.26. The summed E-state index contributed by atoms with van der Waals surface area (Å²) in [7, 11) is 0. The summed E-state index contributed by atoms with van der Waals surface area (Å²) in [5.74, 6) is 0. The normalized spacial score (nSPS) is 9.67. The number of aldehydes is 2. The van der Waals surface area contributed by atoms with E-state index in [9.17, 15) is 9.59 Å². The fourth-order valence-electron chi connectivity index (χ4n) is 1.08. The fourth-order valence-corrected chi connectivity index (χ4v) is 1.08. The molecule has 0 atom stereocenters. The number of aryl methyl sites for hydroxylation is 1. The van der Waals surface area contributed by atoms with Crippen LogP contribution in [0.25, 0.3) is 0 Å². The third-order valence-corrected chi connectivity index (χ3v) is 1.71. The molecule has 0 aliphatic rings. The van der Waals surface area contributed by atoms with Gasteiger partial charge in [-0.1, -0.05) is 0 Å². The highest BCUT2D eigenvalue weighted by Gasteiger charge is 1.97. The number of carbonyl (C=O) groups is 2. The molecule has 0 aliphatic carbocycles. The summed E-state index contributed by atoms with van der Waals surface area (Å²) in [6.45, 7) is 0.736. The molecule has 0 saturated heterocycles. The SMILES string of the molecule is O=CCCCn1cccc1C=O. The molecule has 0 unspecified atom stereocenters. The van der Waals surface area contributed by atoms with E-state index < -0.39 is 0 Å². The summed E-state index contributed by atoms with van der Waals surface area (Å²) in [5.41, 5.74) is 0.667. The summed E-state index contributed by atoms with van der Waals surface area (Å²) in [6, 6.07) is 3.58. The minimum absolute atomic E-state index is 0.552. The van der Waals surface area contributed by atoms with E-state index in [-0.39, 0.29) is 0 Å². The molecule has 0 radical (unpaired) electrons. The van der Waals surface area contributed by atoms with E-state index in [2.05, 4.69) is 0 Å². The second-order valence-electron chi connectivity index (χ2n) is 2.55. The maximum atomic E-state index is 10.4. The van der Waals surface area contributed by atoms with Crippen molar-refractivity contribution in [2.24, 2.45) is 0 Å². The molecule has 1 aromatic rings. The molecule has 3 nitrogen and oxygen atoms in total. The first-order chi connectivity index (χ1) is 5.88. The van der Waals surface area contributed by atoms with Crippen LogP contribution in [0.4, 0.5) is 0 Å². The van der Waals surface area contributed by atoms with Gasteiger partial charge in [0.1, 0.15) is 6.29 Å². The number of hydrogen-bond acceptors (Lipinski definition) is 2. The Labute approximate surface area is 71.0 Å². The summed E-state index contributed by atoms with van der Waals surface area (Å²) in [6.07, 6.45) is 4.90. The van der Waals surface area contributed by atoms with E-state index in [1.165, 1.54) is 0 Å². The zero-order valence-electron chi connectivity index (χ0n) is 6.77. The van der Waals surface area contributed by atoms with Crippen LogP contribution in [-0.4, -0.2) is 17.1 Å².